The maximum Gasteiger partial charge on any atom is 0.130 e. The Kier molecular flexibility index (Phi) is 7.95. The number of benzene rings is 1. The third-order valence-electron chi connectivity index (χ3n) is 2.47. The van der Waals surface area contributed by atoms with Crippen molar-refractivity contribution >= 4 is 29.0 Å². The van der Waals surface area contributed by atoms with E-state index in [9.17, 15) is 0 Å². The zero-order chi connectivity index (χ0) is 15.0. The topological polar surface area (TPSA) is 44.5 Å². The van der Waals surface area contributed by atoms with Gasteiger partial charge in [0, 0.05) is 11.5 Å². The molecule has 0 atom stereocenters. The van der Waals surface area contributed by atoms with E-state index in [1.807, 2.05) is 18.2 Å². The van der Waals surface area contributed by atoms with Crippen molar-refractivity contribution in [3.8, 4) is 5.75 Å². The summed E-state index contributed by atoms with van der Waals surface area (Å²) in [6.45, 7) is 8.16. The lowest BCUT2D eigenvalue weighted by atomic mass is 10.2. The van der Waals surface area contributed by atoms with Crippen molar-refractivity contribution in [3.05, 3.63) is 23.8 Å². The fraction of sp³-hybridized carbons (Fsp3) is 0.533. The smallest absolute Gasteiger partial charge is 0.130 e. The van der Waals surface area contributed by atoms with Crippen molar-refractivity contribution in [1.29, 1.82) is 0 Å². The summed E-state index contributed by atoms with van der Waals surface area (Å²) in [6, 6.07) is 5.88. The van der Waals surface area contributed by atoms with Crippen LogP contribution in [0.3, 0.4) is 0 Å². The second kappa shape index (κ2) is 9.21. The Morgan fingerprint density at radius 1 is 1.35 bits per heavy atom. The first kappa shape index (κ1) is 17.3. The zero-order valence-electron chi connectivity index (χ0n) is 12.3. The van der Waals surface area contributed by atoms with Crippen LogP contribution >= 0.6 is 24.0 Å². The van der Waals surface area contributed by atoms with Gasteiger partial charge in [-0.1, -0.05) is 39.1 Å². The summed E-state index contributed by atoms with van der Waals surface area (Å²) in [5.41, 5.74) is 6.65. The number of thiocarbonyl (C=S) groups is 1. The first-order chi connectivity index (χ1) is 9.56. The predicted octanol–water partition coefficient (Wildman–Crippen LogP) is 3.48. The molecule has 1 aromatic rings. The van der Waals surface area contributed by atoms with Crippen molar-refractivity contribution in [2.75, 3.05) is 25.6 Å². The number of hydrogen-bond donors (Lipinski definition) is 1. The molecule has 0 aromatic heterocycles. The highest BCUT2D eigenvalue weighted by atomic mass is 32.2. The SMILES string of the molecule is CCSc1cccc(OCCOCC(C)C)c1C(N)=S. The van der Waals surface area contributed by atoms with Crippen LogP contribution in [0.1, 0.15) is 26.3 Å². The van der Waals surface area contributed by atoms with Crippen LogP contribution in [0.15, 0.2) is 23.1 Å². The quantitative estimate of drug-likeness (QED) is 0.429. The summed E-state index contributed by atoms with van der Waals surface area (Å²) in [5, 5.41) is 0. The fourth-order valence-corrected chi connectivity index (χ4v) is 2.80. The van der Waals surface area contributed by atoms with Gasteiger partial charge in [0.05, 0.1) is 12.2 Å². The second-order valence-electron chi connectivity index (χ2n) is 4.74. The number of ether oxygens (including phenoxy) is 2. The zero-order valence-corrected chi connectivity index (χ0v) is 14.0. The van der Waals surface area contributed by atoms with E-state index in [4.69, 9.17) is 27.4 Å². The Morgan fingerprint density at radius 2 is 2.10 bits per heavy atom. The number of thioether (sulfide) groups is 1. The first-order valence-electron chi connectivity index (χ1n) is 6.82. The third kappa shape index (κ3) is 5.69. The molecule has 20 heavy (non-hydrogen) atoms. The van der Waals surface area contributed by atoms with Crippen molar-refractivity contribution in [1.82, 2.24) is 0 Å². The minimum absolute atomic E-state index is 0.375. The van der Waals surface area contributed by atoms with Gasteiger partial charge in [0.1, 0.15) is 17.3 Å². The van der Waals surface area contributed by atoms with Gasteiger partial charge >= 0.3 is 0 Å². The lowest BCUT2D eigenvalue weighted by Gasteiger charge is -2.14. The van der Waals surface area contributed by atoms with E-state index < -0.39 is 0 Å². The molecular weight excluding hydrogens is 290 g/mol. The monoisotopic (exact) mass is 313 g/mol. The van der Waals surface area contributed by atoms with E-state index in [0.29, 0.717) is 24.1 Å². The van der Waals surface area contributed by atoms with E-state index >= 15 is 0 Å². The van der Waals surface area contributed by atoms with Crippen LogP contribution in [0.4, 0.5) is 0 Å². The summed E-state index contributed by atoms with van der Waals surface area (Å²) in [6.07, 6.45) is 0. The van der Waals surface area contributed by atoms with Crippen LogP contribution in [0, 0.1) is 5.92 Å². The maximum atomic E-state index is 5.82. The number of nitrogens with two attached hydrogens (primary N) is 1. The predicted molar refractivity (Wildman–Crippen MR) is 89.9 cm³/mol. The molecule has 1 aromatic carbocycles. The molecule has 0 aliphatic heterocycles. The molecular formula is C15H23NO2S2. The standard InChI is InChI=1S/C15H23NO2S2/c1-4-20-13-7-5-6-12(14(13)15(16)19)18-9-8-17-10-11(2)3/h5-7,11H,4,8-10H2,1-3H3,(H2,16,19). The number of hydrogen-bond acceptors (Lipinski definition) is 4. The van der Waals surface area contributed by atoms with Crippen molar-refractivity contribution in [2.45, 2.75) is 25.7 Å². The highest BCUT2D eigenvalue weighted by Crippen LogP contribution is 2.30. The maximum absolute atomic E-state index is 5.82. The van der Waals surface area contributed by atoms with Gasteiger partial charge in [-0.25, -0.2) is 0 Å². The molecule has 0 aliphatic carbocycles. The highest BCUT2D eigenvalue weighted by Gasteiger charge is 2.12. The second-order valence-corrected chi connectivity index (χ2v) is 6.49. The Bertz CT molecular complexity index is 436. The van der Waals surface area contributed by atoms with Crippen molar-refractivity contribution in [3.63, 3.8) is 0 Å². The van der Waals surface area contributed by atoms with Crippen molar-refractivity contribution in [2.24, 2.45) is 11.7 Å². The third-order valence-corrected chi connectivity index (χ3v) is 3.61. The minimum atomic E-state index is 0.375. The number of rotatable bonds is 9. The highest BCUT2D eigenvalue weighted by molar-refractivity contribution is 7.99. The average molecular weight is 313 g/mol. The van der Waals surface area contributed by atoms with Crippen LogP contribution in [-0.4, -0.2) is 30.6 Å². The molecule has 5 heteroatoms. The average Bonchev–Trinajstić information content (AvgIpc) is 2.38. The molecule has 0 fully saturated rings. The lowest BCUT2D eigenvalue weighted by Crippen LogP contribution is -2.15. The lowest BCUT2D eigenvalue weighted by molar-refractivity contribution is 0.0818. The normalized spacial score (nSPS) is 10.8. The summed E-state index contributed by atoms with van der Waals surface area (Å²) >= 11 is 6.85. The van der Waals surface area contributed by atoms with Crippen LogP contribution in [0.2, 0.25) is 0 Å². The summed E-state index contributed by atoms with van der Waals surface area (Å²) in [5.74, 6) is 2.24. The Balaban J connectivity index is 2.64. The summed E-state index contributed by atoms with van der Waals surface area (Å²) in [7, 11) is 0. The molecule has 0 aliphatic rings. The molecule has 0 unspecified atom stereocenters. The van der Waals surface area contributed by atoms with Gasteiger partial charge < -0.3 is 15.2 Å². The molecule has 0 radical (unpaired) electrons. The Morgan fingerprint density at radius 3 is 2.70 bits per heavy atom. The molecule has 0 saturated heterocycles. The molecule has 1 rings (SSSR count). The Hall–Kier alpha value is -0.780. The molecule has 0 saturated carbocycles. The summed E-state index contributed by atoms with van der Waals surface area (Å²) < 4.78 is 11.3. The van der Waals surface area contributed by atoms with Gasteiger partial charge in [-0.3, -0.25) is 0 Å². The van der Waals surface area contributed by atoms with Crippen molar-refractivity contribution < 1.29 is 9.47 Å². The molecule has 0 amide bonds. The molecule has 0 bridgehead atoms. The van der Waals surface area contributed by atoms with Gasteiger partial charge in [-0.2, -0.15) is 0 Å². The van der Waals surface area contributed by atoms with Gasteiger partial charge in [0.25, 0.3) is 0 Å². The van der Waals surface area contributed by atoms with Crippen LogP contribution in [0.25, 0.3) is 0 Å². The fourth-order valence-electron chi connectivity index (χ4n) is 1.68. The molecule has 112 valence electrons. The van der Waals surface area contributed by atoms with Gasteiger partial charge in [0.2, 0.25) is 0 Å². The van der Waals surface area contributed by atoms with E-state index in [1.165, 1.54) is 0 Å². The molecule has 3 nitrogen and oxygen atoms in total. The largest absolute Gasteiger partial charge is 0.490 e. The van der Waals surface area contributed by atoms with E-state index in [0.717, 1.165) is 28.6 Å². The Labute approximate surface area is 131 Å². The molecule has 2 N–H and O–H groups in total. The van der Waals surface area contributed by atoms with Gasteiger partial charge in [-0.15, -0.1) is 11.8 Å². The van der Waals surface area contributed by atoms with Gasteiger partial charge in [-0.05, 0) is 23.8 Å². The van der Waals surface area contributed by atoms with Crippen LogP contribution in [0.5, 0.6) is 5.75 Å². The summed E-state index contributed by atoms with van der Waals surface area (Å²) in [4.78, 5) is 1.44. The van der Waals surface area contributed by atoms with Crippen LogP contribution < -0.4 is 10.5 Å². The first-order valence-corrected chi connectivity index (χ1v) is 8.21. The molecule has 0 spiro atoms. The van der Waals surface area contributed by atoms with E-state index in [2.05, 4.69) is 20.8 Å². The van der Waals surface area contributed by atoms with Gasteiger partial charge in [0.15, 0.2) is 0 Å². The minimum Gasteiger partial charge on any atom is -0.490 e. The van der Waals surface area contributed by atoms with E-state index in [-0.39, 0.29) is 0 Å². The van der Waals surface area contributed by atoms with Crippen LogP contribution in [-0.2, 0) is 4.74 Å². The van der Waals surface area contributed by atoms with E-state index in [1.54, 1.807) is 11.8 Å². The molecule has 0 heterocycles.